The van der Waals surface area contributed by atoms with Crippen LogP contribution in [0.25, 0.3) is 5.69 Å². The molecular weight excluding hydrogens is 378 g/mol. The van der Waals surface area contributed by atoms with Crippen molar-refractivity contribution < 1.29 is 14.3 Å². The van der Waals surface area contributed by atoms with Crippen LogP contribution in [0.3, 0.4) is 0 Å². The highest BCUT2D eigenvalue weighted by Crippen LogP contribution is 2.35. The van der Waals surface area contributed by atoms with Crippen molar-refractivity contribution in [2.45, 2.75) is 32.3 Å². The van der Waals surface area contributed by atoms with Crippen molar-refractivity contribution in [1.82, 2.24) is 9.78 Å². The Labute approximate surface area is 176 Å². The Balaban J connectivity index is 1.40. The van der Waals surface area contributed by atoms with Crippen molar-refractivity contribution in [2.75, 3.05) is 12.4 Å². The number of ether oxygens (including phenoxy) is 2. The Bertz CT molecular complexity index is 1060. The molecule has 4 rings (SSSR count). The summed E-state index contributed by atoms with van der Waals surface area (Å²) >= 11 is 0. The predicted octanol–water partition coefficient (Wildman–Crippen LogP) is 5.16. The molecule has 1 heterocycles. The van der Waals surface area contributed by atoms with Crippen LogP contribution in [0.1, 0.15) is 29.3 Å². The molecule has 0 saturated heterocycles. The molecule has 0 bridgehead atoms. The fourth-order valence-electron chi connectivity index (χ4n) is 3.94. The van der Waals surface area contributed by atoms with Crippen molar-refractivity contribution in [2.24, 2.45) is 0 Å². The SMILES string of the molecule is COc1ccc(NC(=O)O[C@@H]2C=C[C@@H](c3c(C)nn(-c4ccccc4)c3C)C2)cc1. The normalized spacial score (nSPS) is 17.7. The second-order valence-electron chi connectivity index (χ2n) is 7.36. The molecule has 1 amide bonds. The van der Waals surface area contributed by atoms with E-state index in [9.17, 15) is 4.79 Å². The molecule has 0 spiro atoms. The number of allylic oxidation sites excluding steroid dienone is 1. The highest BCUT2D eigenvalue weighted by molar-refractivity contribution is 5.84. The minimum atomic E-state index is -0.469. The summed E-state index contributed by atoms with van der Waals surface area (Å²) in [5.41, 5.74) is 5.00. The summed E-state index contributed by atoms with van der Waals surface area (Å²) in [6.07, 6.45) is 4.03. The van der Waals surface area contributed by atoms with E-state index in [4.69, 9.17) is 14.6 Å². The van der Waals surface area contributed by atoms with Gasteiger partial charge in [0.05, 0.1) is 18.5 Å². The van der Waals surface area contributed by atoms with Gasteiger partial charge in [-0.15, -0.1) is 0 Å². The molecule has 0 radical (unpaired) electrons. The largest absolute Gasteiger partial charge is 0.497 e. The average molecular weight is 403 g/mol. The highest BCUT2D eigenvalue weighted by Gasteiger charge is 2.28. The summed E-state index contributed by atoms with van der Waals surface area (Å²) in [7, 11) is 1.60. The molecule has 3 aromatic rings. The van der Waals surface area contributed by atoms with Crippen molar-refractivity contribution >= 4 is 11.8 Å². The van der Waals surface area contributed by atoms with Gasteiger partial charge in [-0.1, -0.05) is 24.3 Å². The van der Waals surface area contributed by atoms with Crippen LogP contribution in [0, 0.1) is 13.8 Å². The molecule has 6 heteroatoms. The van der Waals surface area contributed by atoms with E-state index in [0.29, 0.717) is 12.1 Å². The van der Waals surface area contributed by atoms with Crippen LogP contribution in [0.2, 0.25) is 0 Å². The number of carbonyl (C=O) groups is 1. The molecule has 0 saturated carbocycles. The smallest absolute Gasteiger partial charge is 0.412 e. The van der Waals surface area contributed by atoms with Gasteiger partial charge >= 0.3 is 6.09 Å². The van der Waals surface area contributed by atoms with Gasteiger partial charge in [0, 0.05) is 22.9 Å². The number of nitrogens with one attached hydrogen (secondary N) is 1. The molecule has 1 aliphatic carbocycles. The molecule has 1 aromatic heterocycles. The summed E-state index contributed by atoms with van der Waals surface area (Å²) in [4.78, 5) is 12.3. The lowest BCUT2D eigenvalue weighted by atomic mass is 9.96. The van der Waals surface area contributed by atoms with E-state index in [1.807, 2.05) is 48.0 Å². The summed E-state index contributed by atoms with van der Waals surface area (Å²) in [6.45, 7) is 4.11. The fourth-order valence-corrected chi connectivity index (χ4v) is 3.94. The van der Waals surface area contributed by atoms with Crippen LogP contribution >= 0.6 is 0 Å². The standard InChI is InChI=1S/C24H25N3O3/c1-16-23(17(2)27(26-16)20-7-5-4-6-8-20)18-9-12-22(15-18)30-24(28)25-19-10-13-21(29-3)14-11-19/h4-14,18,22H,15H2,1-3H3,(H,25,28)/t18-,22-/m1/s1. The van der Waals surface area contributed by atoms with Crippen LogP contribution in [-0.2, 0) is 4.74 Å². The van der Waals surface area contributed by atoms with Crippen LogP contribution in [0.15, 0.2) is 66.7 Å². The van der Waals surface area contributed by atoms with Gasteiger partial charge < -0.3 is 9.47 Å². The molecule has 154 valence electrons. The van der Waals surface area contributed by atoms with Gasteiger partial charge in [0.1, 0.15) is 11.9 Å². The number of nitrogens with zero attached hydrogens (tertiary/aromatic N) is 2. The number of rotatable bonds is 5. The van der Waals surface area contributed by atoms with Gasteiger partial charge in [-0.3, -0.25) is 5.32 Å². The van der Waals surface area contributed by atoms with E-state index in [-0.39, 0.29) is 12.0 Å². The third kappa shape index (κ3) is 4.08. The van der Waals surface area contributed by atoms with Gasteiger partial charge in [0.2, 0.25) is 0 Å². The van der Waals surface area contributed by atoms with Gasteiger partial charge in [-0.05, 0) is 62.7 Å². The third-order valence-corrected chi connectivity index (χ3v) is 5.36. The number of benzene rings is 2. The zero-order valence-electron chi connectivity index (χ0n) is 17.3. The number of amides is 1. The van der Waals surface area contributed by atoms with Gasteiger partial charge in [0.15, 0.2) is 0 Å². The second kappa shape index (κ2) is 8.45. The molecule has 1 N–H and O–H groups in total. The zero-order valence-corrected chi connectivity index (χ0v) is 17.3. The van der Waals surface area contributed by atoms with Crippen molar-refractivity contribution in [3.8, 4) is 11.4 Å². The Morgan fingerprint density at radius 1 is 1.07 bits per heavy atom. The lowest BCUT2D eigenvalue weighted by Crippen LogP contribution is -2.20. The Hall–Kier alpha value is -3.54. The molecule has 0 unspecified atom stereocenters. The van der Waals surface area contributed by atoms with Crippen molar-refractivity contribution in [1.29, 1.82) is 0 Å². The number of hydrogen-bond donors (Lipinski definition) is 1. The van der Waals surface area contributed by atoms with Gasteiger partial charge in [-0.25, -0.2) is 9.48 Å². The molecular formula is C24H25N3O3. The molecule has 2 aromatic carbocycles. The molecule has 0 aliphatic heterocycles. The lowest BCUT2D eigenvalue weighted by molar-refractivity contribution is 0.132. The van der Waals surface area contributed by atoms with Crippen molar-refractivity contribution in [3.63, 3.8) is 0 Å². The van der Waals surface area contributed by atoms with E-state index in [0.717, 1.165) is 22.8 Å². The summed E-state index contributed by atoms with van der Waals surface area (Å²) in [5, 5.41) is 7.49. The number of aromatic nitrogens is 2. The first-order valence-corrected chi connectivity index (χ1v) is 9.96. The van der Waals surface area contributed by atoms with Crippen LogP contribution in [0.5, 0.6) is 5.75 Å². The average Bonchev–Trinajstić information content (AvgIpc) is 3.32. The molecule has 1 aliphatic rings. The van der Waals surface area contributed by atoms with Gasteiger partial charge in [0.25, 0.3) is 0 Å². The van der Waals surface area contributed by atoms with E-state index in [1.165, 1.54) is 5.56 Å². The number of para-hydroxylation sites is 1. The van der Waals surface area contributed by atoms with E-state index in [1.54, 1.807) is 31.4 Å². The zero-order chi connectivity index (χ0) is 21.1. The summed E-state index contributed by atoms with van der Waals surface area (Å²) in [6, 6.07) is 17.2. The first-order valence-electron chi connectivity index (χ1n) is 9.96. The monoisotopic (exact) mass is 403 g/mol. The maximum Gasteiger partial charge on any atom is 0.412 e. The molecule has 30 heavy (non-hydrogen) atoms. The van der Waals surface area contributed by atoms with E-state index >= 15 is 0 Å². The van der Waals surface area contributed by atoms with Gasteiger partial charge in [-0.2, -0.15) is 5.10 Å². The lowest BCUT2D eigenvalue weighted by Gasteiger charge is -2.15. The predicted molar refractivity (Wildman–Crippen MR) is 116 cm³/mol. The fraction of sp³-hybridized carbons (Fsp3) is 0.250. The topological polar surface area (TPSA) is 65.4 Å². The minimum Gasteiger partial charge on any atom is -0.497 e. The summed E-state index contributed by atoms with van der Waals surface area (Å²) < 4.78 is 12.7. The maximum absolute atomic E-state index is 12.3. The molecule has 0 fully saturated rings. The third-order valence-electron chi connectivity index (χ3n) is 5.36. The van der Waals surface area contributed by atoms with E-state index in [2.05, 4.69) is 18.3 Å². The number of anilines is 1. The maximum atomic E-state index is 12.3. The minimum absolute atomic E-state index is 0.168. The van der Waals surface area contributed by atoms with E-state index < -0.39 is 6.09 Å². The number of methoxy groups -OCH3 is 1. The molecule has 6 nitrogen and oxygen atoms in total. The van der Waals surface area contributed by atoms with Crippen molar-refractivity contribution in [3.05, 3.63) is 83.7 Å². The Morgan fingerprint density at radius 3 is 2.50 bits per heavy atom. The second-order valence-corrected chi connectivity index (χ2v) is 7.36. The van der Waals surface area contributed by atoms with Crippen LogP contribution in [-0.4, -0.2) is 29.1 Å². The first kappa shape index (κ1) is 19.8. The number of aryl methyl sites for hydroxylation is 1. The highest BCUT2D eigenvalue weighted by atomic mass is 16.6. The van der Waals surface area contributed by atoms with Crippen LogP contribution < -0.4 is 10.1 Å². The summed E-state index contributed by atoms with van der Waals surface area (Å²) in [5.74, 6) is 0.901. The number of hydrogen-bond acceptors (Lipinski definition) is 4. The molecule has 2 atom stereocenters. The Morgan fingerprint density at radius 2 is 1.80 bits per heavy atom. The number of carbonyl (C=O) groups excluding carboxylic acids is 1. The Kier molecular flexibility index (Phi) is 5.57. The quantitative estimate of drug-likeness (QED) is 0.598. The van der Waals surface area contributed by atoms with Crippen LogP contribution in [0.4, 0.5) is 10.5 Å². The first-order chi connectivity index (χ1) is 14.5.